The Hall–Kier alpha value is -2.86. The average molecular weight is 635 g/mol. The van der Waals surface area contributed by atoms with E-state index < -0.39 is 18.0 Å². The first kappa shape index (κ1) is 28.7. The van der Waals surface area contributed by atoms with Crippen LogP contribution in [-0.4, -0.2) is 44.9 Å². The number of hydrogen-bond acceptors (Lipinski definition) is 5. The van der Waals surface area contributed by atoms with Gasteiger partial charge < -0.3 is 20.1 Å². The van der Waals surface area contributed by atoms with Crippen LogP contribution in [0, 0.1) is 5.92 Å². The SMILES string of the molecule is Cn1c(Nc2c(Cl)ccc(CNC(=O)c3cc(Cl)[nH]n3)c2Cl)nc2cc(Cl)c(N3CCCC(C(F)(F)F)C3)cc21. The highest BCUT2D eigenvalue weighted by atomic mass is 35.5. The summed E-state index contributed by atoms with van der Waals surface area (Å²) in [7, 11) is 1.75. The van der Waals surface area contributed by atoms with Gasteiger partial charge in [-0.25, -0.2) is 4.98 Å². The number of aromatic nitrogens is 4. The van der Waals surface area contributed by atoms with Crippen molar-refractivity contribution in [3.8, 4) is 0 Å². The maximum absolute atomic E-state index is 13.4. The molecule has 0 spiro atoms. The van der Waals surface area contributed by atoms with Crippen molar-refractivity contribution in [3.05, 3.63) is 61.8 Å². The van der Waals surface area contributed by atoms with E-state index in [0.29, 0.717) is 56.9 Å². The Morgan fingerprint density at radius 2 is 1.93 bits per heavy atom. The zero-order chi connectivity index (χ0) is 28.8. The highest BCUT2D eigenvalue weighted by Crippen LogP contribution is 2.40. The Labute approximate surface area is 246 Å². The predicted molar refractivity (Wildman–Crippen MR) is 151 cm³/mol. The van der Waals surface area contributed by atoms with Crippen LogP contribution >= 0.6 is 46.4 Å². The molecule has 1 amide bonds. The number of rotatable bonds is 6. The van der Waals surface area contributed by atoms with E-state index in [1.807, 2.05) is 0 Å². The molecule has 1 atom stereocenters. The predicted octanol–water partition coefficient (Wildman–Crippen LogP) is 7.36. The van der Waals surface area contributed by atoms with Crippen LogP contribution in [0.1, 0.15) is 28.9 Å². The Kier molecular flexibility index (Phi) is 8.02. The van der Waals surface area contributed by atoms with Crippen molar-refractivity contribution in [2.75, 3.05) is 23.3 Å². The van der Waals surface area contributed by atoms with Gasteiger partial charge in [0.05, 0.1) is 43.4 Å². The fourth-order valence-corrected chi connectivity index (χ4v) is 5.61. The summed E-state index contributed by atoms with van der Waals surface area (Å²) in [6.45, 7) is 0.409. The molecule has 40 heavy (non-hydrogen) atoms. The van der Waals surface area contributed by atoms with Gasteiger partial charge in [0.2, 0.25) is 5.95 Å². The van der Waals surface area contributed by atoms with Crippen molar-refractivity contribution in [1.82, 2.24) is 25.1 Å². The number of halogens is 7. The first-order chi connectivity index (χ1) is 18.9. The minimum absolute atomic E-state index is 0.0876. The molecule has 2 aromatic carbocycles. The molecule has 1 unspecified atom stereocenters. The number of aromatic amines is 1. The number of fused-ring (bicyclic) bond motifs is 1. The molecule has 0 bridgehead atoms. The van der Waals surface area contributed by atoms with Gasteiger partial charge in [-0.2, -0.15) is 18.3 Å². The van der Waals surface area contributed by atoms with Crippen LogP contribution in [-0.2, 0) is 13.6 Å². The number of aryl methyl sites for hydroxylation is 1. The van der Waals surface area contributed by atoms with E-state index in [9.17, 15) is 18.0 Å². The summed E-state index contributed by atoms with van der Waals surface area (Å²) in [5, 5.41) is 13.3. The first-order valence-corrected chi connectivity index (χ1v) is 13.6. The van der Waals surface area contributed by atoms with Crippen LogP contribution in [0.15, 0.2) is 30.3 Å². The van der Waals surface area contributed by atoms with Crippen LogP contribution in [0.25, 0.3) is 11.0 Å². The zero-order valence-corrected chi connectivity index (χ0v) is 23.9. The molecule has 8 nitrogen and oxygen atoms in total. The molecule has 5 rings (SSSR count). The Balaban J connectivity index is 1.39. The second-order valence-electron chi connectivity index (χ2n) is 9.42. The number of H-pyrrole nitrogens is 1. The summed E-state index contributed by atoms with van der Waals surface area (Å²) in [6.07, 6.45) is -3.75. The van der Waals surface area contributed by atoms with Crippen LogP contribution in [0.2, 0.25) is 20.2 Å². The lowest BCUT2D eigenvalue weighted by molar-refractivity contribution is -0.175. The molecular weight excluding hydrogens is 613 g/mol. The molecule has 3 heterocycles. The average Bonchev–Trinajstić information content (AvgIpc) is 3.47. The standard InChI is InChI=1S/C25H22Cl4F3N7O/c1-38-19-9-18(39-6-2-3-13(11-39)25(30,31)32)15(27)7-16(19)34-24(38)35-22-14(26)5-4-12(21(22)29)10-33-23(40)17-8-20(28)37-36-17/h4-5,7-9,13H,2-3,6,10-11H2,1H3,(H,33,40)(H,34,35)(H,36,37). The first-order valence-electron chi connectivity index (χ1n) is 12.1. The zero-order valence-electron chi connectivity index (χ0n) is 20.8. The van der Waals surface area contributed by atoms with Gasteiger partial charge >= 0.3 is 6.18 Å². The normalized spacial score (nSPS) is 16.0. The van der Waals surface area contributed by atoms with Gasteiger partial charge in [-0.1, -0.05) is 52.5 Å². The highest BCUT2D eigenvalue weighted by Gasteiger charge is 2.42. The fraction of sp³-hybridized carbons (Fsp3) is 0.320. The molecule has 1 fully saturated rings. The number of carbonyl (C=O) groups is 1. The monoisotopic (exact) mass is 633 g/mol. The van der Waals surface area contributed by atoms with E-state index in [4.69, 9.17) is 46.4 Å². The second-order valence-corrected chi connectivity index (χ2v) is 11.0. The molecule has 0 radical (unpaired) electrons. The van der Waals surface area contributed by atoms with E-state index in [-0.39, 0.29) is 35.4 Å². The van der Waals surface area contributed by atoms with E-state index in [2.05, 4.69) is 25.8 Å². The Morgan fingerprint density at radius 3 is 2.62 bits per heavy atom. The second kappa shape index (κ2) is 11.2. The molecule has 212 valence electrons. The molecule has 3 N–H and O–H groups in total. The molecule has 0 aliphatic carbocycles. The van der Waals surface area contributed by atoms with Crippen molar-refractivity contribution >= 4 is 80.7 Å². The number of imidazole rings is 1. The quantitative estimate of drug-likeness (QED) is 0.206. The largest absolute Gasteiger partial charge is 0.393 e. The van der Waals surface area contributed by atoms with Crippen molar-refractivity contribution < 1.29 is 18.0 Å². The van der Waals surface area contributed by atoms with Gasteiger partial charge in [0, 0.05) is 32.7 Å². The number of piperidine rings is 1. The van der Waals surface area contributed by atoms with Gasteiger partial charge in [-0.15, -0.1) is 0 Å². The molecule has 4 aromatic rings. The lowest BCUT2D eigenvalue weighted by Gasteiger charge is -2.35. The number of carbonyl (C=O) groups excluding carboxylic acids is 1. The van der Waals surface area contributed by atoms with Crippen LogP contribution in [0.5, 0.6) is 0 Å². The maximum atomic E-state index is 13.4. The molecular formula is C25H22Cl4F3N7O. The van der Waals surface area contributed by atoms with Gasteiger partial charge in [-0.05, 0) is 36.6 Å². The van der Waals surface area contributed by atoms with Gasteiger partial charge in [0.1, 0.15) is 5.15 Å². The number of anilines is 3. The third kappa shape index (κ3) is 5.79. The maximum Gasteiger partial charge on any atom is 0.393 e. The molecule has 1 aliphatic heterocycles. The number of benzene rings is 2. The smallest absolute Gasteiger partial charge is 0.370 e. The molecule has 2 aromatic heterocycles. The third-order valence-electron chi connectivity index (χ3n) is 6.80. The summed E-state index contributed by atoms with van der Waals surface area (Å²) < 4.78 is 41.9. The summed E-state index contributed by atoms with van der Waals surface area (Å²) >= 11 is 25.4. The van der Waals surface area contributed by atoms with E-state index in [1.54, 1.807) is 40.8 Å². The van der Waals surface area contributed by atoms with Gasteiger partial charge in [-0.3, -0.25) is 9.89 Å². The Morgan fingerprint density at radius 1 is 1.15 bits per heavy atom. The highest BCUT2D eigenvalue weighted by molar-refractivity contribution is 6.39. The lowest BCUT2D eigenvalue weighted by Crippen LogP contribution is -2.41. The van der Waals surface area contributed by atoms with E-state index in [0.717, 1.165) is 0 Å². The van der Waals surface area contributed by atoms with Crippen LogP contribution in [0.3, 0.4) is 0 Å². The molecule has 0 saturated carbocycles. The minimum atomic E-state index is -4.26. The third-order valence-corrected chi connectivity index (χ3v) is 8.04. The van der Waals surface area contributed by atoms with Gasteiger partial charge in [0.25, 0.3) is 5.91 Å². The van der Waals surface area contributed by atoms with E-state index >= 15 is 0 Å². The molecule has 1 saturated heterocycles. The van der Waals surface area contributed by atoms with Crippen molar-refractivity contribution in [3.63, 3.8) is 0 Å². The minimum Gasteiger partial charge on any atom is -0.370 e. The topological polar surface area (TPSA) is 90.9 Å². The van der Waals surface area contributed by atoms with Crippen molar-refractivity contribution in [2.24, 2.45) is 13.0 Å². The lowest BCUT2D eigenvalue weighted by atomic mass is 9.97. The molecule has 15 heteroatoms. The summed E-state index contributed by atoms with van der Waals surface area (Å²) in [5.41, 5.74) is 2.79. The molecule has 1 aliphatic rings. The van der Waals surface area contributed by atoms with Crippen LogP contribution in [0.4, 0.5) is 30.5 Å². The fourth-order valence-electron chi connectivity index (χ4n) is 4.66. The van der Waals surface area contributed by atoms with Crippen LogP contribution < -0.4 is 15.5 Å². The van der Waals surface area contributed by atoms with Crippen molar-refractivity contribution in [2.45, 2.75) is 25.6 Å². The summed E-state index contributed by atoms with van der Waals surface area (Å²) in [5.74, 6) is -1.47. The summed E-state index contributed by atoms with van der Waals surface area (Å²) in [4.78, 5) is 18.6. The van der Waals surface area contributed by atoms with Gasteiger partial charge in [0.15, 0.2) is 5.69 Å². The number of alkyl halides is 3. The number of hydrogen-bond donors (Lipinski definition) is 3. The summed E-state index contributed by atoms with van der Waals surface area (Å²) in [6, 6.07) is 8.09. The number of amides is 1. The Bertz CT molecular complexity index is 1590. The number of nitrogens with zero attached hydrogens (tertiary/aromatic N) is 4. The number of nitrogens with one attached hydrogen (secondary N) is 3. The van der Waals surface area contributed by atoms with Crippen molar-refractivity contribution in [1.29, 1.82) is 0 Å². The van der Waals surface area contributed by atoms with E-state index in [1.165, 1.54) is 6.07 Å².